The van der Waals surface area contributed by atoms with Crippen LogP contribution in [0.3, 0.4) is 0 Å². The fourth-order valence-corrected chi connectivity index (χ4v) is 7.69. The van der Waals surface area contributed by atoms with E-state index in [9.17, 15) is 18.8 Å². The van der Waals surface area contributed by atoms with Crippen molar-refractivity contribution in [3.63, 3.8) is 0 Å². The van der Waals surface area contributed by atoms with Crippen molar-refractivity contribution in [2.75, 3.05) is 19.8 Å². The molecule has 0 aromatic heterocycles. The maximum atomic E-state index is 13.5. The minimum Gasteiger partial charge on any atom is -0.323 e. The minimum absolute atomic E-state index is 0.0233. The standard InChI is InChI=1S/C25H30FN3O3/c26-18-6-4-15(5-7-18)22(30)16-8-10-28(11-9-16)14-29-23(31)25(27-24(29)32)13-17-12-21(25)20-3-1-2-19(17)20/h4-7,16-17,19-21H,1-3,8-14H2,(H,27,32). The molecule has 1 aromatic carbocycles. The third kappa shape index (κ3) is 2.96. The van der Waals surface area contributed by atoms with E-state index in [0.29, 0.717) is 55.9 Å². The number of benzene rings is 1. The van der Waals surface area contributed by atoms with Gasteiger partial charge in [-0.05, 0) is 86.5 Å². The lowest BCUT2D eigenvalue weighted by Gasteiger charge is -2.38. The second-order valence-corrected chi connectivity index (χ2v) is 10.6. The summed E-state index contributed by atoms with van der Waals surface area (Å²) in [4.78, 5) is 42.6. The predicted molar refractivity (Wildman–Crippen MR) is 115 cm³/mol. The summed E-state index contributed by atoms with van der Waals surface area (Å²) < 4.78 is 13.1. The van der Waals surface area contributed by atoms with Crippen molar-refractivity contribution in [2.45, 2.75) is 50.5 Å². The quantitative estimate of drug-likeness (QED) is 0.577. The van der Waals surface area contributed by atoms with E-state index in [-0.39, 0.29) is 29.5 Å². The van der Waals surface area contributed by atoms with Gasteiger partial charge in [-0.25, -0.2) is 14.1 Å². The summed E-state index contributed by atoms with van der Waals surface area (Å²) in [5.74, 6) is 1.84. The Morgan fingerprint density at radius 3 is 2.53 bits per heavy atom. The summed E-state index contributed by atoms with van der Waals surface area (Å²) >= 11 is 0. The third-order valence-corrected chi connectivity index (χ3v) is 9.15. The van der Waals surface area contributed by atoms with Crippen LogP contribution in [0.4, 0.5) is 9.18 Å². The Labute approximate surface area is 187 Å². The molecule has 5 aliphatic rings. The Bertz CT molecular complexity index is 958. The van der Waals surface area contributed by atoms with Crippen molar-refractivity contribution in [1.29, 1.82) is 0 Å². The largest absolute Gasteiger partial charge is 0.326 e. The number of Topliss-reactive ketones (excluding diaryl/α,β-unsaturated/α-hetero) is 1. The van der Waals surface area contributed by atoms with Gasteiger partial charge < -0.3 is 5.32 Å². The summed E-state index contributed by atoms with van der Waals surface area (Å²) in [6, 6.07) is 5.47. The van der Waals surface area contributed by atoms with Gasteiger partial charge in [-0.15, -0.1) is 0 Å². The van der Waals surface area contributed by atoms with E-state index in [0.717, 1.165) is 18.8 Å². The molecule has 2 heterocycles. The van der Waals surface area contributed by atoms with Crippen molar-refractivity contribution in [2.24, 2.45) is 29.6 Å². The van der Waals surface area contributed by atoms with Crippen LogP contribution < -0.4 is 5.32 Å². The van der Waals surface area contributed by atoms with Crippen LogP contribution >= 0.6 is 0 Å². The van der Waals surface area contributed by atoms with Crippen LogP contribution in [0.1, 0.15) is 55.3 Å². The number of imide groups is 1. The first-order chi connectivity index (χ1) is 15.5. The van der Waals surface area contributed by atoms with E-state index in [1.807, 2.05) is 0 Å². The zero-order valence-corrected chi connectivity index (χ0v) is 18.3. The number of nitrogens with one attached hydrogen (secondary N) is 1. The molecule has 1 spiro atoms. The molecule has 2 saturated heterocycles. The fraction of sp³-hybridized carbons (Fsp3) is 0.640. The number of urea groups is 1. The number of halogens is 1. The van der Waals surface area contributed by atoms with Gasteiger partial charge in [-0.2, -0.15) is 0 Å². The van der Waals surface area contributed by atoms with Crippen LogP contribution in [0.15, 0.2) is 24.3 Å². The molecule has 6 rings (SSSR count). The average Bonchev–Trinajstić information content (AvgIpc) is 3.54. The molecule has 1 aromatic rings. The maximum Gasteiger partial charge on any atom is 0.326 e. The number of ketones is 1. The van der Waals surface area contributed by atoms with Gasteiger partial charge in [-0.3, -0.25) is 14.5 Å². The summed E-state index contributed by atoms with van der Waals surface area (Å²) in [7, 11) is 0. The highest BCUT2D eigenvalue weighted by Gasteiger charge is 2.68. The van der Waals surface area contributed by atoms with E-state index in [4.69, 9.17) is 0 Å². The Morgan fingerprint density at radius 2 is 1.78 bits per heavy atom. The number of likely N-dealkylation sites (tertiary alicyclic amines) is 1. The first-order valence-electron chi connectivity index (χ1n) is 12.1. The Hall–Kier alpha value is -2.28. The fourth-order valence-electron chi connectivity index (χ4n) is 7.69. The molecule has 5 atom stereocenters. The number of rotatable bonds is 4. The van der Waals surface area contributed by atoms with Crippen LogP contribution in [-0.2, 0) is 4.79 Å². The molecule has 3 amide bonds. The lowest BCUT2D eigenvalue weighted by molar-refractivity contribution is -0.135. The second-order valence-electron chi connectivity index (χ2n) is 10.6. The van der Waals surface area contributed by atoms with Gasteiger partial charge in [0.05, 0.1) is 6.67 Å². The van der Waals surface area contributed by atoms with Gasteiger partial charge in [0.15, 0.2) is 5.78 Å². The van der Waals surface area contributed by atoms with Crippen LogP contribution in [0.5, 0.6) is 0 Å². The van der Waals surface area contributed by atoms with E-state index in [1.165, 1.54) is 36.3 Å². The van der Waals surface area contributed by atoms with Gasteiger partial charge in [0.2, 0.25) is 0 Å². The van der Waals surface area contributed by atoms with E-state index >= 15 is 0 Å². The van der Waals surface area contributed by atoms with Gasteiger partial charge >= 0.3 is 6.03 Å². The summed E-state index contributed by atoms with van der Waals surface area (Å²) in [6.45, 7) is 1.63. The molecule has 2 aliphatic heterocycles. The molecular formula is C25H30FN3O3. The van der Waals surface area contributed by atoms with Crippen LogP contribution in [0, 0.1) is 35.4 Å². The topological polar surface area (TPSA) is 69.7 Å². The summed E-state index contributed by atoms with van der Waals surface area (Å²) in [6.07, 6.45) is 7.01. The van der Waals surface area contributed by atoms with Crippen molar-refractivity contribution >= 4 is 17.7 Å². The van der Waals surface area contributed by atoms with Crippen molar-refractivity contribution in [1.82, 2.24) is 15.1 Å². The molecule has 5 fully saturated rings. The molecule has 170 valence electrons. The zero-order valence-electron chi connectivity index (χ0n) is 18.3. The van der Waals surface area contributed by atoms with Crippen LogP contribution in [0.25, 0.3) is 0 Å². The van der Waals surface area contributed by atoms with Crippen molar-refractivity contribution < 1.29 is 18.8 Å². The van der Waals surface area contributed by atoms with Crippen molar-refractivity contribution in [3.8, 4) is 0 Å². The molecule has 2 bridgehead atoms. The first kappa shape index (κ1) is 20.3. The molecule has 7 heteroatoms. The SMILES string of the molecule is O=C(c1ccc(F)cc1)C1CCN(CN2C(=O)NC3(CC4CC3C3CCCC43)C2=O)CC1. The highest BCUT2D eigenvalue weighted by molar-refractivity contribution is 6.07. The number of fused-ring (bicyclic) bond motifs is 6. The minimum atomic E-state index is -0.663. The lowest BCUT2D eigenvalue weighted by Crippen LogP contribution is -2.55. The number of hydrogen-bond donors (Lipinski definition) is 1. The van der Waals surface area contributed by atoms with E-state index < -0.39 is 5.54 Å². The van der Waals surface area contributed by atoms with Gasteiger partial charge in [0, 0.05) is 24.6 Å². The zero-order chi connectivity index (χ0) is 22.0. The Morgan fingerprint density at radius 1 is 1.06 bits per heavy atom. The van der Waals surface area contributed by atoms with Gasteiger partial charge in [-0.1, -0.05) is 6.42 Å². The van der Waals surface area contributed by atoms with E-state index in [1.54, 1.807) is 12.1 Å². The smallest absolute Gasteiger partial charge is 0.323 e. The monoisotopic (exact) mass is 439 g/mol. The number of piperidine rings is 1. The molecule has 32 heavy (non-hydrogen) atoms. The molecule has 6 nitrogen and oxygen atoms in total. The number of hydrogen-bond acceptors (Lipinski definition) is 4. The highest BCUT2D eigenvalue weighted by atomic mass is 19.1. The Balaban J connectivity index is 1.09. The van der Waals surface area contributed by atoms with Crippen molar-refractivity contribution in [3.05, 3.63) is 35.6 Å². The number of amides is 3. The summed E-state index contributed by atoms with van der Waals surface area (Å²) in [5.41, 5.74) is -0.119. The van der Waals surface area contributed by atoms with Crippen LogP contribution in [0.2, 0.25) is 0 Å². The predicted octanol–water partition coefficient (Wildman–Crippen LogP) is 3.42. The molecule has 1 N–H and O–H groups in total. The average molecular weight is 440 g/mol. The molecule has 0 radical (unpaired) electrons. The number of carbonyl (C=O) groups is 3. The molecular weight excluding hydrogens is 409 g/mol. The van der Waals surface area contributed by atoms with Crippen LogP contribution in [-0.4, -0.2) is 52.8 Å². The summed E-state index contributed by atoms with van der Waals surface area (Å²) in [5, 5.41) is 3.14. The number of nitrogens with zero attached hydrogens (tertiary/aromatic N) is 2. The normalized spacial score (nSPS) is 36.8. The Kier molecular flexibility index (Phi) is 4.68. The van der Waals surface area contributed by atoms with Gasteiger partial charge in [0.1, 0.15) is 11.4 Å². The van der Waals surface area contributed by atoms with Gasteiger partial charge in [0.25, 0.3) is 5.91 Å². The lowest BCUT2D eigenvalue weighted by atomic mass is 9.71. The number of carbonyl (C=O) groups excluding carboxylic acids is 3. The third-order valence-electron chi connectivity index (χ3n) is 9.15. The molecule has 5 unspecified atom stereocenters. The van der Waals surface area contributed by atoms with E-state index in [2.05, 4.69) is 10.2 Å². The first-order valence-corrected chi connectivity index (χ1v) is 12.1. The molecule has 3 saturated carbocycles. The maximum absolute atomic E-state index is 13.5. The molecule has 3 aliphatic carbocycles. The highest BCUT2D eigenvalue weighted by Crippen LogP contribution is 2.63. The second kappa shape index (κ2) is 7.37.